The molecule has 3 rings (SSSR count). The SMILES string of the molecule is CC(C)CC(Nc1ncnc2c1CCc1ccccc1-2)C(=O)O. The fraction of sp³-hybridized carbons (Fsp3) is 0.389. The van der Waals surface area contributed by atoms with Gasteiger partial charge in [0.2, 0.25) is 0 Å². The monoisotopic (exact) mass is 311 g/mol. The molecule has 1 heterocycles. The zero-order chi connectivity index (χ0) is 16.4. The topological polar surface area (TPSA) is 75.1 Å². The molecule has 1 aromatic carbocycles. The molecule has 0 fully saturated rings. The third kappa shape index (κ3) is 3.18. The Kier molecular flexibility index (Phi) is 4.28. The largest absolute Gasteiger partial charge is 0.480 e. The van der Waals surface area contributed by atoms with Crippen molar-refractivity contribution >= 4 is 11.8 Å². The molecule has 0 amide bonds. The lowest BCUT2D eigenvalue weighted by Crippen LogP contribution is -2.32. The van der Waals surface area contributed by atoms with E-state index in [4.69, 9.17) is 0 Å². The zero-order valence-electron chi connectivity index (χ0n) is 13.4. The van der Waals surface area contributed by atoms with Gasteiger partial charge in [-0.05, 0) is 30.7 Å². The molecule has 0 aliphatic heterocycles. The van der Waals surface area contributed by atoms with Crippen LogP contribution < -0.4 is 5.32 Å². The summed E-state index contributed by atoms with van der Waals surface area (Å²) in [5.74, 6) is 0.0989. The molecule has 0 saturated carbocycles. The highest BCUT2D eigenvalue weighted by molar-refractivity contribution is 5.79. The highest BCUT2D eigenvalue weighted by atomic mass is 16.4. The number of rotatable bonds is 5. The van der Waals surface area contributed by atoms with E-state index in [1.807, 2.05) is 26.0 Å². The van der Waals surface area contributed by atoms with Crippen molar-refractivity contribution in [1.29, 1.82) is 0 Å². The summed E-state index contributed by atoms with van der Waals surface area (Å²) in [6, 6.07) is 7.58. The Bertz CT molecular complexity index is 728. The number of aromatic nitrogens is 2. The van der Waals surface area contributed by atoms with Crippen molar-refractivity contribution in [2.75, 3.05) is 5.32 Å². The quantitative estimate of drug-likeness (QED) is 0.887. The van der Waals surface area contributed by atoms with Gasteiger partial charge in [-0.2, -0.15) is 0 Å². The molecule has 0 radical (unpaired) electrons. The second-order valence-electron chi connectivity index (χ2n) is 6.37. The maximum atomic E-state index is 11.5. The summed E-state index contributed by atoms with van der Waals surface area (Å²) in [5, 5.41) is 12.6. The predicted molar refractivity (Wildman–Crippen MR) is 89.4 cm³/mol. The van der Waals surface area contributed by atoms with Crippen LogP contribution in [-0.2, 0) is 17.6 Å². The fourth-order valence-corrected chi connectivity index (χ4v) is 3.09. The molecule has 0 saturated heterocycles. The molecule has 5 nitrogen and oxygen atoms in total. The molecule has 2 N–H and O–H groups in total. The van der Waals surface area contributed by atoms with Gasteiger partial charge in [0.25, 0.3) is 0 Å². The maximum Gasteiger partial charge on any atom is 0.326 e. The number of fused-ring (bicyclic) bond motifs is 3. The van der Waals surface area contributed by atoms with E-state index in [2.05, 4.69) is 27.4 Å². The van der Waals surface area contributed by atoms with Crippen LogP contribution in [0.25, 0.3) is 11.3 Å². The minimum atomic E-state index is -0.845. The summed E-state index contributed by atoms with van der Waals surface area (Å²) in [6.45, 7) is 4.03. The number of carboxylic acid groups (broad SMARTS) is 1. The van der Waals surface area contributed by atoms with Crippen LogP contribution in [-0.4, -0.2) is 27.1 Å². The van der Waals surface area contributed by atoms with Crippen molar-refractivity contribution in [3.05, 3.63) is 41.7 Å². The minimum absolute atomic E-state index is 0.294. The van der Waals surface area contributed by atoms with Crippen LogP contribution in [0.15, 0.2) is 30.6 Å². The van der Waals surface area contributed by atoms with Crippen LogP contribution in [0.2, 0.25) is 0 Å². The maximum absolute atomic E-state index is 11.5. The van der Waals surface area contributed by atoms with E-state index in [9.17, 15) is 9.90 Å². The molecule has 23 heavy (non-hydrogen) atoms. The molecule has 2 aromatic rings. The van der Waals surface area contributed by atoms with Gasteiger partial charge in [-0.25, -0.2) is 14.8 Å². The Morgan fingerprint density at radius 2 is 2.04 bits per heavy atom. The second kappa shape index (κ2) is 6.36. The van der Waals surface area contributed by atoms with Crippen molar-refractivity contribution in [2.24, 2.45) is 5.92 Å². The normalized spacial score (nSPS) is 14.0. The summed E-state index contributed by atoms with van der Waals surface area (Å²) in [6.07, 6.45) is 3.82. The smallest absolute Gasteiger partial charge is 0.326 e. The first kappa shape index (κ1) is 15.5. The van der Waals surface area contributed by atoms with E-state index < -0.39 is 12.0 Å². The van der Waals surface area contributed by atoms with Gasteiger partial charge < -0.3 is 10.4 Å². The lowest BCUT2D eigenvalue weighted by Gasteiger charge is -2.23. The number of carbonyl (C=O) groups is 1. The molecule has 5 heteroatoms. The Labute approximate surface area is 135 Å². The van der Waals surface area contributed by atoms with Gasteiger partial charge in [0.1, 0.15) is 18.2 Å². The number of carboxylic acids is 1. The number of aliphatic carboxylic acids is 1. The molecule has 0 bridgehead atoms. The van der Waals surface area contributed by atoms with Crippen LogP contribution in [0.3, 0.4) is 0 Å². The number of benzene rings is 1. The lowest BCUT2D eigenvalue weighted by molar-refractivity contribution is -0.138. The van der Waals surface area contributed by atoms with Crippen molar-refractivity contribution in [3.8, 4) is 11.3 Å². The van der Waals surface area contributed by atoms with Gasteiger partial charge in [-0.3, -0.25) is 0 Å². The summed E-state index contributed by atoms with van der Waals surface area (Å²) < 4.78 is 0. The third-order valence-electron chi connectivity index (χ3n) is 4.18. The first-order valence-corrected chi connectivity index (χ1v) is 7.97. The molecule has 1 aliphatic rings. The van der Waals surface area contributed by atoms with E-state index >= 15 is 0 Å². The first-order chi connectivity index (χ1) is 11.1. The summed E-state index contributed by atoms with van der Waals surface area (Å²) in [5.41, 5.74) is 4.33. The van der Waals surface area contributed by atoms with Crippen LogP contribution in [0.4, 0.5) is 5.82 Å². The number of nitrogens with one attached hydrogen (secondary N) is 1. The van der Waals surface area contributed by atoms with Gasteiger partial charge in [0, 0.05) is 11.1 Å². The van der Waals surface area contributed by atoms with E-state index in [0.717, 1.165) is 29.7 Å². The third-order valence-corrected chi connectivity index (χ3v) is 4.18. The van der Waals surface area contributed by atoms with Crippen molar-refractivity contribution in [3.63, 3.8) is 0 Å². The van der Waals surface area contributed by atoms with Gasteiger partial charge in [-0.15, -0.1) is 0 Å². The van der Waals surface area contributed by atoms with E-state index in [1.54, 1.807) is 0 Å². The van der Waals surface area contributed by atoms with Gasteiger partial charge >= 0.3 is 5.97 Å². The molecule has 1 atom stereocenters. The van der Waals surface area contributed by atoms with Crippen molar-refractivity contribution < 1.29 is 9.90 Å². The van der Waals surface area contributed by atoms with Crippen LogP contribution in [0.5, 0.6) is 0 Å². The Morgan fingerprint density at radius 1 is 1.26 bits per heavy atom. The number of hydrogen-bond acceptors (Lipinski definition) is 4. The highest BCUT2D eigenvalue weighted by Gasteiger charge is 2.24. The van der Waals surface area contributed by atoms with Crippen molar-refractivity contribution in [1.82, 2.24) is 9.97 Å². The van der Waals surface area contributed by atoms with E-state index in [-0.39, 0.29) is 0 Å². The molecular weight excluding hydrogens is 290 g/mol. The fourth-order valence-electron chi connectivity index (χ4n) is 3.09. The van der Waals surface area contributed by atoms with Crippen LogP contribution >= 0.6 is 0 Å². The van der Waals surface area contributed by atoms with Crippen LogP contribution in [0, 0.1) is 5.92 Å². The Morgan fingerprint density at radius 3 is 2.78 bits per heavy atom. The Hall–Kier alpha value is -2.43. The zero-order valence-corrected chi connectivity index (χ0v) is 13.4. The molecule has 0 spiro atoms. The van der Waals surface area contributed by atoms with Crippen molar-refractivity contribution in [2.45, 2.75) is 39.2 Å². The molecular formula is C18H21N3O2. The second-order valence-corrected chi connectivity index (χ2v) is 6.37. The van der Waals surface area contributed by atoms with Crippen LogP contribution in [0.1, 0.15) is 31.4 Å². The van der Waals surface area contributed by atoms with Gasteiger partial charge in [0.05, 0.1) is 5.69 Å². The summed E-state index contributed by atoms with van der Waals surface area (Å²) in [4.78, 5) is 20.2. The minimum Gasteiger partial charge on any atom is -0.480 e. The van der Waals surface area contributed by atoms with E-state index in [1.165, 1.54) is 11.9 Å². The van der Waals surface area contributed by atoms with Gasteiger partial charge in [-0.1, -0.05) is 38.1 Å². The predicted octanol–water partition coefficient (Wildman–Crippen LogP) is 3.15. The highest BCUT2D eigenvalue weighted by Crippen LogP contribution is 2.34. The lowest BCUT2D eigenvalue weighted by atomic mass is 9.89. The summed E-state index contributed by atoms with van der Waals surface area (Å²) in [7, 11) is 0. The molecule has 1 aliphatic carbocycles. The number of aryl methyl sites for hydroxylation is 1. The van der Waals surface area contributed by atoms with Gasteiger partial charge in [0.15, 0.2) is 0 Å². The average molecular weight is 311 g/mol. The standard InChI is InChI=1S/C18H21N3O2/c1-11(2)9-15(18(22)23)21-17-14-8-7-12-5-3-4-6-13(12)16(14)19-10-20-17/h3-6,10-11,15H,7-9H2,1-2H3,(H,22,23)(H,19,20,21). The Balaban J connectivity index is 1.96. The first-order valence-electron chi connectivity index (χ1n) is 7.97. The number of nitrogens with zero attached hydrogens (tertiary/aromatic N) is 2. The number of anilines is 1. The molecule has 1 aromatic heterocycles. The molecule has 1 unspecified atom stereocenters. The number of hydrogen-bond donors (Lipinski definition) is 2. The molecule has 120 valence electrons. The van der Waals surface area contributed by atoms with E-state index in [0.29, 0.717) is 18.2 Å². The summed E-state index contributed by atoms with van der Waals surface area (Å²) >= 11 is 0. The average Bonchev–Trinajstić information content (AvgIpc) is 2.53.